The number of carbonyl (C=O) groups excluding carboxylic acids is 4. The maximum Gasteiger partial charge on any atom is 0.246 e. The number of fused-ring (bicyclic) bond motifs is 2. The summed E-state index contributed by atoms with van der Waals surface area (Å²) in [4.78, 5) is 68.3. The van der Waals surface area contributed by atoms with Crippen molar-refractivity contribution in [3.63, 3.8) is 0 Å². The molecule has 8 rings (SSSR count). The van der Waals surface area contributed by atoms with Crippen LogP contribution in [0.25, 0.3) is 22.9 Å². The Bertz CT molecular complexity index is 1920. The summed E-state index contributed by atoms with van der Waals surface area (Å²) < 4.78 is 11.8. The monoisotopic (exact) mass is 643 g/mol. The summed E-state index contributed by atoms with van der Waals surface area (Å²) in [7, 11) is 1.93. The molecule has 2 aromatic carbocycles. The number of allylic oxidation sites excluding steroid dienone is 4. The third-order valence-corrected chi connectivity index (χ3v) is 9.89. The molecule has 2 unspecified atom stereocenters. The van der Waals surface area contributed by atoms with Gasteiger partial charge in [-0.15, -0.1) is 0 Å². The van der Waals surface area contributed by atoms with E-state index in [4.69, 9.17) is 8.83 Å². The number of nitrogens with zero attached hydrogens (tertiary/aromatic N) is 5. The third kappa shape index (κ3) is 4.68. The second kappa shape index (κ2) is 11.4. The molecule has 0 saturated carbocycles. The summed E-state index contributed by atoms with van der Waals surface area (Å²) in [6.07, 6.45) is 5.55. The summed E-state index contributed by atoms with van der Waals surface area (Å²) in [5.41, 5.74) is 4.28. The van der Waals surface area contributed by atoms with Gasteiger partial charge in [-0.1, -0.05) is 38.1 Å². The Morgan fingerprint density at radius 1 is 0.667 bits per heavy atom. The van der Waals surface area contributed by atoms with Crippen molar-refractivity contribution >= 4 is 23.1 Å². The Kier molecular flexibility index (Phi) is 7.10. The fourth-order valence-corrected chi connectivity index (χ4v) is 6.83. The molecular weight excluding hydrogens is 610 g/mol. The summed E-state index contributed by atoms with van der Waals surface area (Å²) in [6, 6.07) is 15.4. The van der Waals surface area contributed by atoms with Gasteiger partial charge < -0.3 is 18.6 Å². The van der Waals surface area contributed by atoms with Crippen LogP contribution in [0.1, 0.15) is 79.9 Å². The average Bonchev–Trinajstić information content (AvgIpc) is 3.72. The van der Waals surface area contributed by atoms with Crippen LogP contribution < -0.4 is 0 Å². The standard InChI is InChI=1S/C37H33N5O6/c1-4-20-6-10-22(11-7-20)36-38-30-26(43)18-24(32(45)34(30)47-36)41-16-14-28(41)40(3)29-15-17-42(29)25-19-27(44)31-35(33(25)46)48-37(39-31)23-12-8-21(5-2)9-13-23/h6-13,18-19,28-29H,4-5,14-17H2,1-3H3. The predicted octanol–water partition coefficient (Wildman–Crippen LogP) is 5.34. The van der Waals surface area contributed by atoms with Crippen LogP contribution in [-0.2, 0) is 12.8 Å². The highest BCUT2D eigenvalue weighted by Gasteiger charge is 2.47. The minimum absolute atomic E-state index is 0.0225. The number of carbonyl (C=O) groups is 4. The average molecular weight is 644 g/mol. The van der Waals surface area contributed by atoms with Crippen LogP contribution in [0.4, 0.5) is 0 Å². The van der Waals surface area contributed by atoms with Gasteiger partial charge in [0.1, 0.15) is 0 Å². The molecule has 2 aliphatic carbocycles. The lowest BCUT2D eigenvalue weighted by Gasteiger charge is -2.56. The van der Waals surface area contributed by atoms with Crippen LogP contribution in [0.3, 0.4) is 0 Å². The van der Waals surface area contributed by atoms with Crippen molar-refractivity contribution in [2.24, 2.45) is 0 Å². The number of Topliss-reactive ketones (excluding diaryl/α,β-unsaturated/α-hetero) is 2. The summed E-state index contributed by atoms with van der Waals surface area (Å²) in [5, 5.41) is 0. The molecule has 0 spiro atoms. The van der Waals surface area contributed by atoms with Crippen molar-refractivity contribution in [3.05, 3.63) is 106 Å². The van der Waals surface area contributed by atoms with Gasteiger partial charge in [0.25, 0.3) is 0 Å². The number of oxazole rings is 2. The van der Waals surface area contributed by atoms with Crippen LogP contribution in [-0.4, -0.2) is 80.3 Å². The SMILES string of the molecule is CCc1ccc(-c2nc3c(o2)C(=O)C(N2CCC2N(C)C2CCN2C2=CC(=O)c4nc(-c5ccc(CC)cc5)oc4C2=O)=CC3=O)cc1. The van der Waals surface area contributed by atoms with E-state index in [-0.39, 0.29) is 81.5 Å². The van der Waals surface area contributed by atoms with E-state index in [1.54, 1.807) is 0 Å². The smallest absolute Gasteiger partial charge is 0.246 e. The molecule has 48 heavy (non-hydrogen) atoms. The lowest BCUT2D eigenvalue weighted by Crippen LogP contribution is -2.66. The number of ketones is 4. The molecule has 11 nitrogen and oxygen atoms in total. The second-order valence-electron chi connectivity index (χ2n) is 12.5. The number of aryl methyl sites for hydroxylation is 2. The van der Waals surface area contributed by atoms with Crippen LogP contribution in [0.5, 0.6) is 0 Å². The third-order valence-electron chi connectivity index (χ3n) is 9.89. The van der Waals surface area contributed by atoms with E-state index < -0.39 is 0 Å². The van der Waals surface area contributed by atoms with Crippen LogP contribution >= 0.6 is 0 Å². The van der Waals surface area contributed by atoms with Gasteiger partial charge >= 0.3 is 0 Å². The normalized spacial score (nSPS) is 20.3. The Morgan fingerprint density at radius 2 is 1.06 bits per heavy atom. The van der Waals surface area contributed by atoms with Crippen molar-refractivity contribution in [1.82, 2.24) is 24.7 Å². The number of hydrogen-bond donors (Lipinski definition) is 0. The zero-order chi connectivity index (χ0) is 33.3. The Balaban J connectivity index is 0.987. The number of aromatic nitrogens is 2. The first-order chi connectivity index (χ1) is 23.2. The first kappa shape index (κ1) is 29.9. The number of rotatable bonds is 8. The molecule has 2 aromatic heterocycles. The van der Waals surface area contributed by atoms with E-state index in [0.29, 0.717) is 24.2 Å². The van der Waals surface area contributed by atoms with Gasteiger partial charge in [-0.25, -0.2) is 9.97 Å². The molecule has 0 bridgehead atoms. The lowest BCUT2D eigenvalue weighted by molar-refractivity contribution is -0.0904. The van der Waals surface area contributed by atoms with Gasteiger partial charge in [0.05, 0.1) is 23.7 Å². The Labute approximate surface area is 276 Å². The van der Waals surface area contributed by atoms with E-state index in [1.165, 1.54) is 12.2 Å². The zero-order valence-corrected chi connectivity index (χ0v) is 26.9. The maximum absolute atomic E-state index is 13.7. The van der Waals surface area contributed by atoms with Crippen molar-refractivity contribution in [3.8, 4) is 22.9 Å². The molecule has 2 aliphatic heterocycles. The minimum Gasteiger partial charge on any atom is -0.432 e. The van der Waals surface area contributed by atoms with Gasteiger partial charge in [-0.05, 0) is 68.1 Å². The quantitative estimate of drug-likeness (QED) is 0.247. The predicted molar refractivity (Wildman–Crippen MR) is 174 cm³/mol. The fraction of sp³-hybridized carbons (Fsp3) is 0.297. The van der Waals surface area contributed by atoms with Crippen LogP contribution in [0, 0.1) is 0 Å². The first-order valence-corrected chi connectivity index (χ1v) is 16.3. The van der Waals surface area contributed by atoms with Gasteiger partial charge in [0, 0.05) is 36.4 Å². The van der Waals surface area contributed by atoms with E-state index in [0.717, 1.165) is 36.8 Å². The summed E-state index contributed by atoms with van der Waals surface area (Å²) >= 11 is 0. The topological polar surface area (TPSA) is 130 Å². The second-order valence-corrected chi connectivity index (χ2v) is 12.5. The summed E-state index contributed by atoms with van der Waals surface area (Å²) in [6.45, 7) is 5.28. The minimum atomic E-state index is -0.383. The molecular formula is C37H33N5O6. The first-order valence-electron chi connectivity index (χ1n) is 16.3. The van der Waals surface area contributed by atoms with E-state index in [9.17, 15) is 19.2 Å². The lowest BCUT2D eigenvalue weighted by atomic mass is 9.95. The Hall–Kier alpha value is -5.42. The Morgan fingerprint density at radius 3 is 1.40 bits per heavy atom. The molecule has 2 fully saturated rings. The largest absolute Gasteiger partial charge is 0.432 e. The van der Waals surface area contributed by atoms with Crippen molar-refractivity contribution < 1.29 is 28.0 Å². The maximum atomic E-state index is 13.7. The molecule has 2 saturated heterocycles. The highest BCUT2D eigenvalue weighted by molar-refractivity contribution is 6.23. The fourth-order valence-electron chi connectivity index (χ4n) is 6.83. The highest BCUT2D eigenvalue weighted by Crippen LogP contribution is 2.38. The molecule has 4 aromatic rings. The molecule has 2 atom stereocenters. The van der Waals surface area contributed by atoms with Crippen LogP contribution in [0.15, 0.2) is 80.9 Å². The summed E-state index contributed by atoms with van der Waals surface area (Å²) in [5.74, 6) is -1.15. The van der Waals surface area contributed by atoms with Crippen molar-refractivity contribution in [1.29, 1.82) is 0 Å². The molecule has 242 valence electrons. The van der Waals surface area contributed by atoms with Crippen molar-refractivity contribution in [2.45, 2.75) is 51.9 Å². The van der Waals surface area contributed by atoms with Gasteiger partial charge in [-0.2, -0.15) is 0 Å². The van der Waals surface area contributed by atoms with E-state index in [1.807, 2.05) is 65.4 Å². The van der Waals surface area contributed by atoms with Gasteiger partial charge in [0.2, 0.25) is 46.4 Å². The molecule has 0 radical (unpaired) electrons. The van der Waals surface area contributed by atoms with Crippen molar-refractivity contribution in [2.75, 3.05) is 20.1 Å². The molecule has 0 N–H and O–H groups in total. The highest BCUT2D eigenvalue weighted by atomic mass is 16.4. The molecule has 11 heteroatoms. The molecule has 4 aliphatic rings. The van der Waals surface area contributed by atoms with E-state index in [2.05, 4.69) is 28.7 Å². The van der Waals surface area contributed by atoms with Gasteiger partial charge in [-0.3, -0.25) is 24.1 Å². The molecule has 4 heterocycles. The number of benzene rings is 2. The van der Waals surface area contributed by atoms with Gasteiger partial charge in [0.15, 0.2) is 11.4 Å². The number of hydrogen-bond acceptors (Lipinski definition) is 11. The van der Waals surface area contributed by atoms with Crippen LogP contribution in [0.2, 0.25) is 0 Å². The molecule has 0 amide bonds. The number of likely N-dealkylation sites (tertiary alicyclic amines) is 2. The van der Waals surface area contributed by atoms with E-state index >= 15 is 0 Å². The zero-order valence-electron chi connectivity index (χ0n) is 26.9.